The van der Waals surface area contributed by atoms with Gasteiger partial charge in [-0.3, -0.25) is 9.59 Å². The first kappa shape index (κ1) is 20.4. The van der Waals surface area contributed by atoms with E-state index >= 15 is 0 Å². The molecule has 27 heavy (non-hydrogen) atoms. The molecule has 0 heterocycles. The molecular weight excluding hydrogens is 359 g/mol. The van der Waals surface area contributed by atoms with Crippen molar-refractivity contribution in [3.05, 3.63) is 65.2 Å². The van der Waals surface area contributed by atoms with Crippen LogP contribution in [-0.4, -0.2) is 32.5 Å². The Hall–Kier alpha value is -2.87. The lowest BCUT2D eigenvalue weighted by Gasteiger charge is -2.14. The summed E-state index contributed by atoms with van der Waals surface area (Å²) in [7, 11) is 3.39. The van der Waals surface area contributed by atoms with E-state index in [0.29, 0.717) is 17.8 Å². The minimum atomic E-state index is -4.40. The third-order valence-corrected chi connectivity index (χ3v) is 3.91. The fourth-order valence-corrected chi connectivity index (χ4v) is 2.55. The fourth-order valence-electron chi connectivity index (χ4n) is 2.55. The van der Waals surface area contributed by atoms with Gasteiger partial charge in [0.15, 0.2) is 6.54 Å². The Labute approximate surface area is 155 Å². The van der Waals surface area contributed by atoms with Gasteiger partial charge in [0.2, 0.25) is 0 Å². The van der Waals surface area contributed by atoms with Crippen molar-refractivity contribution in [2.45, 2.75) is 12.7 Å². The number of hydrogen-bond donors (Lipinski definition) is 3. The molecule has 2 rings (SSSR count). The number of likely N-dealkylation sites (N-methyl/N-ethyl adjacent to an activating group) is 1. The second-order valence-corrected chi connectivity index (χ2v) is 6.21. The molecule has 1 unspecified atom stereocenters. The van der Waals surface area contributed by atoms with Crippen LogP contribution in [0, 0.1) is 0 Å². The molecule has 3 N–H and O–H groups in total. The highest BCUT2D eigenvalue weighted by atomic mass is 19.4. The van der Waals surface area contributed by atoms with E-state index in [9.17, 15) is 22.8 Å². The Bertz CT molecular complexity index is 787. The lowest BCUT2D eigenvalue weighted by molar-refractivity contribution is -0.885. The molecule has 2 amide bonds. The molecule has 2 aromatic rings. The second-order valence-electron chi connectivity index (χ2n) is 6.21. The topological polar surface area (TPSA) is 62.6 Å². The summed E-state index contributed by atoms with van der Waals surface area (Å²) >= 11 is 0. The molecule has 144 valence electrons. The lowest BCUT2D eigenvalue weighted by Crippen LogP contribution is -3.08. The molecule has 0 bridgehead atoms. The number of anilines is 1. The zero-order chi connectivity index (χ0) is 20.0. The Kier molecular flexibility index (Phi) is 6.57. The molecular formula is C19H21F3N3O2+. The standard InChI is InChI=1S/C19H20F3N3O2/c1-23-18(27)14-5-3-13(4-6-14)11-25(2)12-17(26)24-16-9-7-15(8-10-16)19(20,21)22/h3-10H,11-12H2,1-2H3,(H,23,27)(H,24,26)/p+1. The Morgan fingerprint density at radius 3 is 2.11 bits per heavy atom. The van der Waals surface area contributed by atoms with Crippen molar-refractivity contribution in [1.82, 2.24) is 5.32 Å². The van der Waals surface area contributed by atoms with Crippen LogP contribution in [0.3, 0.4) is 0 Å². The number of nitrogens with one attached hydrogen (secondary N) is 3. The Morgan fingerprint density at radius 2 is 1.59 bits per heavy atom. The zero-order valence-electron chi connectivity index (χ0n) is 15.0. The number of quaternary nitrogens is 1. The molecule has 1 atom stereocenters. The van der Waals surface area contributed by atoms with Crippen LogP contribution >= 0.6 is 0 Å². The van der Waals surface area contributed by atoms with Gasteiger partial charge in [-0.05, 0) is 36.4 Å². The number of carbonyl (C=O) groups is 2. The van der Waals surface area contributed by atoms with Crippen LogP contribution in [0.15, 0.2) is 48.5 Å². The molecule has 0 aliphatic heterocycles. The number of carbonyl (C=O) groups excluding carboxylic acids is 2. The van der Waals surface area contributed by atoms with Crippen molar-refractivity contribution in [1.29, 1.82) is 0 Å². The van der Waals surface area contributed by atoms with Gasteiger partial charge in [-0.1, -0.05) is 12.1 Å². The Balaban J connectivity index is 1.87. The number of halogens is 3. The summed E-state index contributed by atoms with van der Waals surface area (Å²) in [6.07, 6.45) is -4.40. The number of alkyl halides is 3. The van der Waals surface area contributed by atoms with Gasteiger partial charge in [-0.2, -0.15) is 13.2 Å². The molecule has 0 radical (unpaired) electrons. The van der Waals surface area contributed by atoms with E-state index in [1.165, 1.54) is 12.1 Å². The summed E-state index contributed by atoms with van der Waals surface area (Å²) in [5.41, 5.74) is 1.07. The Morgan fingerprint density at radius 1 is 1.00 bits per heavy atom. The maximum absolute atomic E-state index is 12.5. The van der Waals surface area contributed by atoms with Crippen LogP contribution in [0.5, 0.6) is 0 Å². The molecule has 0 saturated heterocycles. The normalized spacial score (nSPS) is 12.3. The summed E-state index contributed by atoms with van der Waals surface area (Å²) in [5, 5.41) is 5.13. The van der Waals surface area contributed by atoms with Gasteiger partial charge in [-0.15, -0.1) is 0 Å². The molecule has 0 fully saturated rings. The van der Waals surface area contributed by atoms with Crippen molar-refractivity contribution < 1.29 is 27.7 Å². The van der Waals surface area contributed by atoms with Crippen LogP contribution in [0.4, 0.5) is 18.9 Å². The molecule has 5 nitrogen and oxygen atoms in total. The van der Waals surface area contributed by atoms with Crippen molar-refractivity contribution in [3.8, 4) is 0 Å². The van der Waals surface area contributed by atoms with Crippen LogP contribution < -0.4 is 15.5 Å². The maximum Gasteiger partial charge on any atom is 0.416 e. The van der Waals surface area contributed by atoms with Gasteiger partial charge in [0.25, 0.3) is 11.8 Å². The second kappa shape index (κ2) is 8.68. The van der Waals surface area contributed by atoms with Crippen LogP contribution in [0.2, 0.25) is 0 Å². The van der Waals surface area contributed by atoms with Gasteiger partial charge in [0.05, 0.1) is 12.6 Å². The van der Waals surface area contributed by atoms with Crippen molar-refractivity contribution in [3.63, 3.8) is 0 Å². The van der Waals surface area contributed by atoms with Crippen LogP contribution in [0.1, 0.15) is 21.5 Å². The van der Waals surface area contributed by atoms with Gasteiger partial charge >= 0.3 is 6.18 Å². The van der Waals surface area contributed by atoms with Crippen LogP contribution in [0.25, 0.3) is 0 Å². The minimum Gasteiger partial charge on any atom is -0.355 e. The van der Waals surface area contributed by atoms with E-state index in [0.717, 1.165) is 22.6 Å². The quantitative estimate of drug-likeness (QED) is 0.715. The summed E-state index contributed by atoms with van der Waals surface area (Å²) in [5.74, 6) is -0.465. The van der Waals surface area contributed by atoms with Crippen LogP contribution in [-0.2, 0) is 17.5 Å². The van der Waals surface area contributed by atoms with E-state index in [1.54, 1.807) is 19.2 Å². The summed E-state index contributed by atoms with van der Waals surface area (Å²) in [6.45, 7) is 0.715. The average Bonchev–Trinajstić information content (AvgIpc) is 2.61. The average molecular weight is 380 g/mol. The van der Waals surface area contributed by atoms with Crippen molar-refractivity contribution in [2.75, 3.05) is 26.0 Å². The van der Waals surface area contributed by atoms with Crippen molar-refractivity contribution >= 4 is 17.5 Å². The molecule has 0 aromatic heterocycles. The van der Waals surface area contributed by atoms with E-state index in [1.807, 2.05) is 19.2 Å². The van der Waals surface area contributed by atoms with Gasteiger partial charge in [0.1, 0.15) is 6.54 Å². The molecule has 2 aromatic carbocycles. The zero-order valence-corrected chi connectivity index (χ0v) is 15.0. The number of rotatable bonds is 6. The van der Waals surface area contributed by atoms with E-state index in [2.05, 4.69) is 10.6 Å². The number of hydrogen-bond acceptors (Lipinski definition) is 2. The SMILES string of the molecule is CNC(=O)c1ccc(C[NH+](C)CC(=O)Nc2ccc(C(F)(F)F)cc2)cc1. The summed E-state index contributed by atoms with van der Waals surface area (Å²) < 4.78 is 37.6. The predicted octanol–water partition coefficient (Wildman–Crippen LogP) is 1.72. The smallest absolute Gasteiger partial charge is 0.355 e. The third-order valence-electron chi connectivity index (χ3n) is 3.91. The van der Waals surface area contributed by atoms with E-state index < -0.39 is 11.7 Å². The van der Waals surface area contributed by atoms with E-state index in [4.69, 9.17) is 0 Å². The van der Waals surface area contributed by atoms with E-state index in [-0.39, 0.29) is 18.4 Å². The first-order chi connectivity index (χ1) is 12.7. The molecule has 0 aliphatic carbocycles. The first-order valence-electron chi connectivity index (χ1n) is 8.28. The summed E-state index contributed by atoms with van der Waals surface area (Å²) in [4.78, 5) is 24.5. The first-order valence-corrected chi connectivity index (χ1v) is 8.28. The largest absolute Gasteiger partial charge is 0.416 e. The van der Waals surface area contributed by atoms with Crippen molar-refractivity contribution in [2.24, 2.45) is 0 Å². The monoisotopic (exact) mass is 380 g/mol. The minimum absolute atomic E-state index is 0.151. The molecule has 8 heteroatoms. The predicted molar refractivity (Wildman–Crippen MR) is 95.4 cm³/mol. The summed E-state index contributed by atoms with van der Waals surface area (Å²) in [6, 6.07) is 11.4. The van der Waals surface area contributed by atoms with Gasteiger partial charge in [0, 0.05) is 23.9 Å². The third kappa shape index (κ3) is 6.10. The number of amides is 2. The van der Waals surface area contributed by atoms with Gasteiger partial charge in [-0.25, -0.2) is 0 Å². The molecule has 0 aliphatic rings. The fraction of sp³-hybridized carbons (Fsp3) is 0.263. The molecule has 0 spiro atoms. The number of benzene rings is 2. The van der Waals surface area contributed by atoms with Gasteiger partial charge < -0.3 is 15.5 Å². The highest BCUT2D eigenvalue weighted by molar-refractivity contribution is 5.94. The highest BCUT2D eigenvalue weighted by Crippen LogP contribution is 2.29. The lowest BCUT2D eigenvalue weighted by atomic mass is 10.1. The highest BCUT2D eigenvalue weighted by Gasteiger charge is 2.30. The maximum atomic E-state index is 12.5. The molecule has 0 saturated carbocycles.